The third kappa shape index (κ3) is 9.39. The van der Waals surface area contributed by atoms with Gasteiger partial charge < -0.3 is 9.47 Å². The van der Waals surface area contributed by atoms with E-state index in [4.69, 9.17) is 9.47 Å². The van der Waals surface area contributed by atoms with Crippen molar-refractivity contribution in [3.05, 3.63) is 131 Å². The fraction of sp³-hybridized carbons (Fsp3) is 0.222. The van der Waals surface area contributed by atoms with Crippen molar-refractivity contribution in [2.75, 3.05) is 13.2 Å². The highest BCUT2D eigenvalue weighted by Gasteiger charge is 2.03. The van der Waals surface area contributed by atoms with Crippen molar-refractivity contribution in [2.24, 2.45) is 0 Å². The quantitative estimate of drug-likeness (QED) is 0.0709. The molecule has 204 valence electrons. The van der Waals surface area contributed by atoms with Crippen LogP contribution in [0.15, 0.2) is 109 Å². The summed E-state index contributed by atoms with van der Waals surface area (Å²) in [5.41, 5.74) is 6.51. The lowest BCUT2D eigenvalue weighted by Crippen LogP contribution is -2.01. The molecule has 0 saturated heterocycles. The second-order valence-electron chi connectivity index (χ2n) is 9.81. The maximum atomic E-state index is 12.3. The van der Waals surface area contributed by atoms with E-state index in [0.717, 1.165) is 49.0 Å². The highest BCUT2D eigenvalue weighted by molar-refractivity contribution is 6.06. The minimum atomic E-state index is -0.214. The highest BCUT2D eigenvalue weighted by Crippen LogP contribution is 2.24. The number of carbonyl (C=O) groups is 2. The van der Waals surface area contributed by atoms with Crippen LogP contribution in [0.25, 0.3) is 17.2 Å². The lowest BCUT2D eigenvalue weighted by molar-refractivity contribution is -0.141. The van der Waals surface area contributed by atoms with E-state index in [1.165, 1.54) is 23.6 Å². The molecule has 4 rings (SSSR count). The van der Waals surface area contributed by atoms with Gasteiger partial charge in [0.05, 0.1) is 13.2 Å². The Morgan fingerprint density at radius 2 is 1.23 bits per heavy atom. The molecule has 4 aromatic carbocycles. The molecule has 0 bridgehead atoms. The molecule has 0 amide bonds. The number of esters is 1. The summed E-state index contributed by atoms with van der Waals surface area (Å²) in [6.07, 6.45) is 8.31. The van der Waals surface area contributed by atoms with Crippen LogP contribution in [-0.2, 0) is 16.0 Å². The maximum absolute atomic E-state index is 12.3. The minimum Gasteiger partial charge on any atom is -0.494 e. The molecule has 0 fully saturated rings. The molecule has 0 N–H and O–H groups in total. The number of ketones is 1. The first-order valence-electron chi connectivity index (χ1n) is 13.9. The third-order valence-electron chi connectivity index (χ3n) is 6.63. The summed E-state index contributed by atoms with van der Waals surface area (Å²) >= 11 is 0. The van der Waals surface area contributed by atoms with Crippen molar-refractivity contribution in [3.63, 3.8) is 0 Å². The van der Waals surface area contributed by atoms with Crippen LogP contribution >= 0.6 is 0 Å². The summed E-state index contributed by atoms with van der Waals surface area (Å²) in [7, 11) is 0. The Labute approximate surface area is 237 Å². The number of benzene rings is 4. The Hall–Kier alpha value is -4.44. The number of hydrogen-bond donors (Lipinski definition) is 0. The van der Waals surface area contributed by atoms with E-state index < -0.39 is 0 Å². The monoisotopic (exact) mass is 532 g/mol. The molecule has 0 aliphatic heterocycles. The van der Waals surface area contributed by atoms with Crippen LogP contribution in [0.3, 0.4) is 0 Å². The molecule has 0 aliphatic carbocycles. The van der Waals surface area contributed by atoms with Crippen molar-refractivity contribution in [2.45, 2.75) is 39.0 Å². The van der Waals surface area contributed by atoms with Crippen molar-refractivity contribution in [1.29, 1.82) is 0 Å². The summed E-state index contributed by atoms with van der Waals surface area (Å²) in [4.78, 5) is 23.0. The molecule has 0 radical (unpaired) electrons. The second kappa shape index (κ2) is 15.2. The molecule has 0 aromatic heterocycles. The number of hydrogen-bond acceptors (Lipinski definition) is 4. The van der Waals surface area contributed by atoms with Crippen LogP contribution in [0, 0.1) is 0 Å². The van der Waals surface area contributed by atoms with Crippen LogP contribution in [0.4, 0.5) is 0 Å². The predicted molar refractivity (Wildman–Crippen MR) is 162 cm³/mol. The summed E-state index contributed by atoms with van der Waals surface area (Å²) in [5.74, 6) is 0.671. The first-order chi connectivity index (χ1) is 19.6. The van der Waals surface area contributed by atoms with Gasteiger partial charge in [0.1, 0.15) is 5.75 Å². The SMILES string of the molecule is CC(=O)OCCCCCCOc1ccc(-c2ccc(Cc3ccc(/C=C/C(=O)c4ccccc4)cc3)cc2)cc1. The number of unbranched alkanes of at least 4 members (excludes halogenated alkanes) is 3. The molecular formula is C36H36O4. The van der Waals surface area contributed by atoms with Crippen molar-refractivity contribution >= 4 is 17.8 Å². The Balaban J connectivity index is 1.21. The van der Waals surface area contributed by atoms with E-state index in [1.807, 2.05) is 60.7 Å². The smallest absolute Gasteiger partial charge is 0.302 e. The Bertz CT molecular complexity index is 1370. The standard InChI is InChI=1S/C36H36O4/c1-28(37)39-25-7-2-3-8-26-40-35-22-20-33(21-23-35)32-18-15-31(16-19-32)27-30-13-11-29(12-14-30)17-24-36(38)34-9-5-4-6-10-34/h4-6,9-24H,2-3,7-8,25-27H2,1H3/b24-17+. The number of carbonyl (C=O) groups excluding carboxylic acids is 2. The molecule has 0 atom stereocenters. The molecule has 0 saturated carbocycles. The Morgan fingerprint density at radius 1 is 0.650 bits per heavy atom. The van der Waals surface area contributed by atoms with Crippen molar-refractivity contribution < 1.29 is 19.1 Å². The maximum Gasteiger partial charge on any atom is 0.302 e. The normalized spacial score (nSPS) is 10.9. The lowest BCUT2D eigenvalue weighted by Gasteiger charge is -2.09. The van der Waals surface area contributed by atoms with E-state index in [0.29, 0.717) is 18.8 Å². The van der Waals surface area contributed by atoms with Gasteiger partial charge in [0, 0.05) is 12.5 Å². The lowest BCUT2D eigenvalue weighted by atomic mass is 9.99. The molecule has 0 unspecified atom stereocenters. The zero-order chi connectivity index (χ0) is 28.0. The summed E-state index contributed by atoms with van der Waals surface area (Å²) in [6.45, 7) is 2.63. The van der Waals surface area contributed by atoms with Crippen LogP contribution in [0.5, 0.6) is 5.75 Å². The van der Waals surface area contributed by atoms with Gasteiger partial charge in [0.25, 0.3) is 0 Å². The highest BCUT2D eigenvalue weighted by atomic mass is 16.5. The zero-order valence-corrected chi connectivity index (χ0v) is 23.1. The number of ether oxygens (including phenoxy) is 2. The van der Waals surface area contributed by atoms with E-state index in [2.05, 4.69) is 48.5 Å². The van der Waals surface area contributed by atoms with Gasteiger partial charge in [-0.1, -0.05) is 97.1 Å². The van der Waals surface area contributed by atoms with Gasteiger partial charge in [-0.3, -0.25) is 9.59 Å². The average molecular weight is 533 g/mol. The second-order valence-corrected chi connectivity index (χ2v) is 9.81. The summed E-state index contributed by atoms with van der Waals surface area (Å²) in [5, 5.41) is 0. The first-order valence-corrected chi connectivity index (χ1v) is 13.9. The Kier molecular flexibility index (Phi) is 10.9. The predicted octanol–water partition coefficient (Wildman–Crippen LogP) is 8.34. The van der Waals surface area contributed by atoms with Crippen LogP contribution in [-0.4, -0.2) is 25.0 Å². The molecule has 4 aromatic rings. The number of allylic oxidation sites excluding steroid dienone is 1. The van der Waals surface area contributed by atoms with Crippen molar-refractivity contribution in [1.82, 2.24) is 0 Å². The molecule has 4 heteroatoms. The molecule has 40 heavy (non-hydrogen) atoms. The fourth-order valence-electron chi connectivity index (χ4n) is 4.38. The van der Waals surface area contributed by atoms with Gasteiger partial charge in [-0.05, 0) is 78.1 Å². The largest absolute Gasteiger partial charge is 0.494 e. The Morgan fingerprint density at radius 3 is 1.85 bits per heavy atom. The van der Waals surface area contributed by atoms with Gasteiger partial charge in [-0.25, -0.2) is 0 Å². The average Bonchev–Trinajstić information content (AvgIpc) is 2.99. The van der Waals surface area contributed by atoms with Gasteiger partial charge >= 0.3 is 5.97 Å². The summed E-state index contributed by atoms with van der Waals surface area (Å²) in [6, 6.07) is 34.5. The van der Waals surface area contributed by atoms with E-state index in [9.17, 15) is 9.59 Å². The van der Waals surface area contributed by atoms with Gasteiger partial charge in [0.15, 0.2) is 5.78 Å². The third-order valence-corrected chi connectivity index (χ3v) is 6.63. The molecule has 0 spiro atoms. The van der Waals surface area contributed by atoms with Crippen LogP contribution in [0.1, 0.15) is 59.7 Å². The molecule has 0 aliphatic rings. The topological polar surface area (TPSA) is 52.6 Å². The molecule has 0 heterocycles. The van der Waals surface area contributed by atoms with Gasteiger partial charge in [0.2, 0.25) is 0 Å². The van der Waals surface area contributed by atoms with E-state index >= 15 is 0 Å². The summed E-state index contributed by atoms with van der Waals surface area (Å²) < 4.78 is 10.8. The van der Waals surface area contributed by atoms with Crippen LogP contribution < -0.4 is 4.74 Å². The van der Waals surface area contributed by atoms with Gasteiger partial charge in [-0.15, -0.1) is 0 Å². The van der Waals surface area contributed by atoms with E-state index in [-0.39, 0.29) is 11.8 Å². The zero-order valence-electron chi connectivity index (χ0n) is 23.1. The minimum absolute atomic E-state index is 0.00729. The van der Waals surface area contributed by atoms with Crippen LogP contribution in [0.2, 0.25) is 0 Å². The van der Waals surface area contributed by atoms with Gasteiger partial charge in [-0.2, -0.15) is 0 Å². The first kappa shape index (κ1) is 28.6. The van der Waals surface area contributed by atoms with Crippen molar-refractivity contribution in [3.8, 4) is 16.9 Å². The molecular weight excluding hydrogens is 496 g/mol. The molecule has 4 nitrogen and oxygen atoms in total. The number of rotatable bonds is 14. The fourth-order valence-corrected chi connectivity index (χ4v) is 4.38. The van der Waals surface area contributed by atoms with E-state index in [1.54, 1.807) is 6.08 Å².